The lowest BCUT2D eigenvalue weighted by Gasteiger charge is -2.24. The molecule has 0 saturated heterocycles. The Balaban J connectivity index is 2.96. The van der Waals surface area contributed by atoms with Crippen LogP contribution in [0.1, 0.15) is 31.1 Å². The van der Waals surface area contributed by atoms with Crippen LogP contribution in [0.5, 0.6) is 0 Å². The molecule has 1 N–H and O–H groups in total. The van der Waals surface area contributed by atoms with E-state index in [0.717, 1.165) is 4.31 Å². The van der Waals surface area contributed by atoms with Gasteiger partial charge in [-0.05, 0) is 45.0 Å². The van der Waals surface area contributed by atoms with Gasteiger partial charge in [0.1, 0.15) is 0 Å². The molecule has 21 heavy (non-hydrogen) atoms. The highest BCUT2D eigenvalue weighted by Crippen LogP contribution is 2.18. The molecule has 1 aromatic carbocycles. The van der Waals surface area contributed by atoms with Gasteiger partial charge in [-0.25, -0.2) is 0 Å². The average Bonchev–Trinajstić information content (AvgIpc) is 2.35. The van der Waals surface area contributed by atoms with Gasteiger partial charge in [0.05, 0.1) is 5.69 Å². The number of nitrogens with one attached hydrogen (secondary N) is 1. The topological polar surface area (TPSA) is 69.7 Å². The third-order valence-corrected chi connectivity index (χ3v) is 4.62. The van der Waals surface area contributed by atoms with Gasteiger partial charge in [0.25, 0.3) is 5.91 Å². The molecule has 1 rings (SSSR count). The fourth-order valence-electron chi connectivity index (χ4n) is 1.61. The Morgan fingerprint density at radius 1 is 1.05 bits per heavy atom. The van der Waals surface area contributed by atoms with Crippen LogP contribution in [0.25, 0.3) is 0 Å². The normalized spacial score (nSPS) is 12.3. The zero-order valence-corrected chi connectivity index (χ0v) is 14.2. The average molecular weight is 313 g/mol. The van der Waals surface area contributed by atoms with Crippen LogP contribution in [0.4, 0.5) is 5.69 Å². The fourth-order valence-corrected chi connectivity index (χ4v) is 2.49. The minimum absolute atomic E-state index is 0.188. The van der Waals surface area contributed by atoms with E-state index in [0.29, 0.717) is 11.3 Å². The molecule has 6 nitrogen and oxygen atoms in total. The van der Waals surface area contributed by atoms with Crippen molar-refractivity contribution >= 4 is 21.8 Å². The van der Waals surface area contributed by atoms with E-state index < -0.39 is 10.2 Å². The second-order valence-electron chi connectivity index (χ2n) is 6.01. The molecular weight excluding hydrogens is 290 g/mol. The van der Waals surface area contributed by atoms with Gasteiger partial charge in [-0.3, -0.25) is 9.10 Å². The van der Waals surface area contributed by atoms with E-state index in [9.17, 15) is 13.2 Å². The molecule has 0 saturated carbocycles. The summed E-state index contributed by atoms with van der Waals surface area (Å²) < 4.78 is 26.3. The molecule has 7 heteroatoms. The molecule has 118 valence electrons. The van der Waals surface area contributed by atoms with Crippen molar-refractivity contribution in [3.8, 4) is 0 Å². The van der Waals surface area contributed by atoms with E-state index in [2.05, 4.69) is 5.32 Å². The largest absolute Gasteiger partial charge is 0.347 e. The summed E-state index contributed by atoms with van der Waals surface area (Å²) in [7, 11) is 0.885. The number of carbonyl (C=O) groups excluding carboxylic acids is 1. The monoisotopic (exact) mass is 313 g/mol. The standard InChI is InChI=1S/C14H23N3O3S/c1-14(2,3)15-13(18)11-7-9-12(10-8-11)17(6)21(19,20)16(4)5/h7-10H,1-6H3,(H,15,18). The van der Waals surface area contributed by atoms with Crippen LogP contribution in [-0.4, -0.2) is 45.3 Å². The number of hydrogen-bond donors (Lipinski definition) is 1. The summed E-state index contributed by atoms with van der Waals surface area (Å²) in [6, 6.07) is 6.44. The Bertz CT molecular complexity index is 601. The molecule has 0 aliphatic rings. The van der Waals surface area contributed by atoms with E-state index in [1.54, 1.807) is 24.3 Å². The zero-order valence-electron chi connectivity index (χ0n) is 13.3. The summed E-state index contributed by atoms with van der Waals surface area (Å²) in [5, 5.41) is 2.85. The number of nitrogens with zero attached hydrogens (tertiary/aromatic N) is 2. The Labute approximate surface area is 126 Å². The molecule has 0 unspecified atom stereocenters. The number of benzene rings is 1. The van der Waals surface area contributed by atoms with Gasteiger partial charge >= 0.3 is 10.2 Å². The summed E-state index contributed by atoms with van der Waals surface area (Å²) in [6.45, 7) is 5.70. The first kappa shape index (κ1) is 17.5. The van der Waals surface area contributed by atoms with E-state index in [1.807, 2.05) is 20.8 Å². The van der Waals surface area contributed by atoms with Gasteiger partial charge in [0.15, 0.2) is 0 Å². The number of rotatable bonds is 4. The van der Waals surface area contributed by atoms with Crippen molar-refractivity contribution in [3.63, 3.8) is 0 Å². The molecule has 1 aromatic rings. The van der Waals surface area contributed by atoms with Gasteiger partial charge in [-0.1, -0.05) is 0 Å². The third-order valence-electron chi connectivity index (χ3n) is 2.79. The quantitative estimate of drug-likeness (QED) is 0.915. The van der Waals surface area contributed by atoms with Crippen molar-refractivity contribution in [1.82, 2.24) is 9.62 Å². The Kier molecular flexibility index (Phi) is 5.01. The summed E-state index contributed by atoms with van der Waals surface area (Å²) >= 11 is 0. The Hall–Kier alpha value is -1.60. The van der Waals surface area contributed by atoms with Crippen molar-refractivity contribution in [2.75, 3.05) is 25.4 Å². The summed E-state index contributed by atoms with van der Waals surface area (Å²) in [4.78, 5) is 12.0. The van der Waals surface area contributed by atoms with Crippen molar-refractivity contribution in [3.05, 3.63) is 29.8 Å². The molecule has 1 amide bonds. The number of anilines is 1. The predicted octanol–water partition coefficient (Wildman–Crippen LogP) is 1.46. The lowest BCUT2D eigenvalue weighted by molar-refractivity contribution is 0.0919. The first-order chi connectivity index (χ1) is 9.45. The minimum atomic E-state index is -3.53. The highest BCUT2D eigenvalue weighted by molar-refractivity contribution is 7.90. The van der Waals surface area contributed by atoms with E-state index in [-0.39, 0.29) is 11.4 Å². The first-order valence-corrected chi connectivity index (χ1v) is 7.94. The van der Waals surface area contributed by atoms with Gasteiger partial charge in [0, 0.05) is 32.2 Å². The maximum absolute atomic E-state index is 12.0. The predicted molar refractivity (Wildman–Crippen MR) is 84.7 cm³/mol. The molecule has 0 atom stereocenters. The molecule has 0 heterocycles. The highest BCUT2D eigenvalue weighted by Gasteiger charge is 2.21. The summed E-state index contributed by atoms with van der Waals surface area (Å²) in [6.07, 6.45) is 0. The molecule has 0 bridgehead atoms. The molecular formula is C14H23N3O3S. The minimum Gasteiger partial charge on any atom is -0.347 e. The van der Waals surface area contributed by atoms with Gasteiger partial charge in [-0.2, -0.15) is 12.7 Å². The fraction of sp³-hybridized carbons (Fsp3) is 0.500. The number of hydrogen-bond acceptors (Lipinski definition) is 3. The lowest BCUT2D eigenvalue weighted by atomic mass is 10.1. The SMILES string of the molecule is CN(C)S(=O)(=O)N(C)c1ccc(C(=O)NC(C)(C)C)cc1. The molecule has 0 aromatic heterocycles. The first-order valence-electron chi connectivity index (χ1n) is 6.54. The van der Waals surface area contributed by atoms with Crippen LogP contribution in [0.15, 0.2) is 24.3 Å². The number of amides is 1. The van der Waals surface area contributed by atoms with Crippen molar-refractivity contribution in [2.24, 2.45) is 0 Å². The van der Waals surface area contributed by atoms with Crippen LogP contribution < -0.4 is 9.62 Å². The van der Waals surface area contributed by atoms with E-state index in [1.165, 1.54) is 25.4 Å². The van der Waals surface area contributed by atoms with Crippen molar-refractivity contribution in [2.45, 2.75) is 26.3 Å². The second-order valence-corrected chi connectivity index (χ2v) is 8.18. The van der Waals surface area contributed by atoms with Crippen LogP contribution >= 0.6 is 0 Å². The third kappa shape index (κ3) is 4.44. The van der Waals surface area contributed by atoms with Gasteiger partial charge < -0.3 is 5.32 Å². The van der Waals surface area contributed by atoms with Crippen molar-refractivity contribution in [1.29, 1.82) is 0 Å². The van der Waals surface area contributed by atoms with Crippen LogP contribution in [-0.2, 0) is 10.2 Å². The zero-order chi connectivity index (χ0) is 16.4. The van der Waals surface area contributed by atoms with E-state index in [4.69, 9.17) is 0 Å². The van der Waals surface area contributed by atoms with Crippen LogP contribution in [0.3, 0.4) is 0 Å². The summed E-state index contributed by atoms with van der Waals surface area (Å²) in [5.41, 5.74) is 0.668. The van der Waals surface area contributed by atoms with E-state index >= 15 is 0 Å². The molecule has 0 aliphatic heterocycles. The van der Waals surface area contributed by atoms with Crippen molar-refractivity contribution < 1.29 is 13.2 Å². The lowest BCUT2D eigenvalue weighted by Crippen LogP contribution is -2.40. The second kappa shape index (κ2) is 6.03. The smallest absolute Gasteiger partial charge is 0.303 e. The molecule has 0 aliphatic carbocycles. The van der Waals surface area contributed by atoms with Gasteiger partial charge in [0.2, 0.25) is 0 Å². The maximum Gasteiger partial charge on any atom is 0.303 e. The molecule has 0 spiro atoms. The number of carbonyl (C=O) groups is 1. The maximum atomic E-state index is 12.0. The molecule has 0 fully saturated rings. The highest BCUT2D eigenvalue weighted by atomic mass is 32.2. The van der Waals surface area contributed by atoms with Gasteiger partial charge in [-0.15, -0.1) is 0 Å². The van der Waals surface area contributed by atoms with Crippen LogP contribution in [0.2, 0.25) is 0 Å². The molecule has 0 radical (unpaired) electrons. The Morgan fingerprint density at radius 2 is 1.52 bits per heavy atom. The summed E-state index contributed by atoms with van der Waals surface area (Å²) in [5.74, 6) is -0.188. The van der Waals surface area contributed by atoms with Crippen LogP contribution in [0, 0.1) is 0 Å². The Morgan fingerprint density at radius 3 is 1.90 bits per heavy atom.